The number of fused-ring (bicyclic) bond motifs is 1. The number of hydrogen-bond donors (Lipinski definition) is 3. The lowest BCUT2D eigenvalue weighted by molar-refractivity contribution is -0.138. The Labute approximate surface area is 120 Å². The maximum Gasteiger partial charge on any atom is 0.325 e. The summed E-state index contributed by atoms with van der Waals surface area (Å²) in [4.78, 5) is 33.4. The van der Waals surface area contributed by atoms with Crippen molar-refractivity contribution in [3.63, 3.8) is 0 Å². The molecule has 0 heterocycles. The maximum absolute atomic E-state index is 11.7. The van der Waals surface area contributed by atoms with Gasteiger partial charge in [-0.15, -0.1) is 0 Å². The Morgan fingerprint density at radius 1 is 0.952 bits per heavy atom. The number of carbonyl (C=O) groups is 3. The minimum absolute atomic E-state index is 0.238. The minimum atomic E-state index is -1.08. The summed E-state index contributed by atoms with van der Waals surface area (Å²) in [6.07, 6.45) is -0.550. The Kier molecular flexibility index (Phi) is 4.50. The molecule has 0 unspecified atom stereocenters. The third-order valence-corrected chi connectivity index (χ3v) is 2.86. The number of carbonyl (C=O) groups excluding carboxylic acids is 2. The average Bonchev–Trinajstić information content (AvgIpc) is 2.45. The largest absolute Gasteiger partial charge is 0.481 e. The molecule has 2 rings (SSSR count). The summed E-state index contributed by atoms with van der Waals surface area (Å²) in [5.41, 5.74) is 0.580. The van der Waals surface area contributed by atoms with Crippen molar-refractivity contribution in [3.8, 4) is 0 Å². The molecule has 3 amide bonds. The van der Waals surface area contributed by atoms with Gasteiger partial charge in [0, 0.05) is 11.8 Å². The van der Waals surface area contributed by atoms with Gasteiger partial charge in [0.1, 0.15) is 0 Å². The average molecular weight is 286 g/mol. The number of amides is 3. The SMILES string of the molecule is O=C(O)CCC(=O)NC(=O)Nc1cccc2ccccc12. The number of nitrogens with one attached hydrogen (secondary N) is 2. The van der Waals surface area contributed by atoms with E-state index in [1.165, 1.54) is 0 Å². The zero-order valence-corrected chi connectivity index (χ0v) is 11.1. The van der Waals surface area contributed by atoms with E-state index in [1.54, 1.807) is 12.1 Å². The summed E-state index contributed by atoms with van der Waals surface area (Å²) >= 11 is 0. The first-order chi connectivity index (χ1) is 10.1. The van der Waals surface area contributed by atoms with Crippen LogP contribution in [0.3, 0.4) is 0 Å². The van der Waals surface area contributed by atoms with E-state index in [-0.39, 0.29) is 12.8 Å². The van der Waals surface area contributed by atoms with Crippen LogP contribution in [-0.4, -0.2) is 23.0 Å². The van der Waals surface area contributed by atoms with Crippen LogP contribution in [0.4, 0.5) is 10.5 Å². The molecule has 108 valence electrons. The molecule has 0 aliphatic carbocycles. The first kappa shape index (κ1) is 14.5. The van der Waals surface area contributed by atoms with E-state index in [9.17, 15) is 14.4 Å². The van der Waals surface area contributed by atoms with Crippen molar-refractivity contribution in [3.05, 3.63) is 42.5 Å². The third kappa shape index (κ3) is 4.04. The van der Waals surface area contributed by atoms with Crippen molar-refractivity contribution in [1.82, 2.24) is 5.32 Å². The van der Waals surface area contributed by atoms with Crippen LogP contribution >= 0.6 is 0 Å². The maximum atomic E-state index is 11.7. The van der Waals surface area contributed by atoms with Gasteiger partial charge in [-0.25, -0.2) is 4.79 Å². The van der Waals surface area contributed by atoms with Crippen LogP contribution in [0.2, 0.25) is 0 Å². The van der Waals surface area contributed by atoms with E-state index in [2.05, 4.69) is 10.6 Å². The van der Waals surface area contributed by atoms with E-state index in [1.807, 2.05) is 30.3 Å². The number of hydrogen-bond acceptors (Lipinski definition) is 3. The summed E-state index contributed by atoms with van der Waals surface area (Å²) in [5.74, 6) is -1.71. The van der Waals surface area contributed by atoms with Crippen molar-refractivity contribution in [2.24, 2.45) is 0 Å². The molecule has 0 saturated carbocycles. The predicted octanol–water partition coefficient (Wildman–Crippen LogP) is 2.35. The van der Waals surface area contributed by atoms with Crippen LogP contribution in [-0.2, 0) is 9.59 Å². The second-order valence-corrected chi connectivity index (χ2v) is 4.42. The smallest absolute Gasteiger partial charge is 0.325 e. The number of aliphatic carboxylic acids is 1. The summed E-state index contributed by atoms with van der Waals surface area (Å²) < 4.78 is 0. The molecule has 0 fully saturated rings. The lowest BCUT2D eigenvalue weighted by Crippen LogP contribution is -2.34. The molecule has 0 saturated heterocycles. The number of anilines is 1. The molecule has 6 nitrogen and oxygen atoms in total. The van der Waals surface area contributed by atoms with Gasteiger partial charge in [0.15, 0.2) is 0 Å². The first-order valence-corrected chi connectivity index (χ1v) is 6.36. The van der Waals surface area contributed by atoms with Crippen molar-refractivity contribution < 1.29 is 19.5 Å². The lowest BCUT2D eigenvalue weighted by Gasteiger charge is -2.09. The molecule has 21 heavy (non-hydrogen) atoms. The molecule has 0 aromatic heterocycles. The van der Waals surface area contributed by atoms with Crippen LogP contribution in [0.5, 0.6) is 0 Å². The van der Waals surface area contributed by atoms with Gasteiger partial charge in [0.05, 0.1) is 12.1 Å². The molecular weight excluding hydrogens is 272 g/mol. The highest BCUT2D eigenvalue weighted by Gasteiger charge is 2.10. The van der Waals surface area contributed by atoms with Gasteiger partial charge in [-0.1, -0.05) is 36.4 Å². The monoisotopic (exact) mass is 286 g/mol. The molecule has 2 aromatic carbocycles. The normalized spacial score (nSPS) is 10.1. The third-order valence-electron chi connectivity index (χ3n) is 2.86. The van der Waals surface area contributed by atoms with Gasteiger partial charge in [-0.2, -0.15) is 0 Å². The van der Waals surface area contributed by atoms with Crippen LogP contribution in [0.25, 0.3) is 10.8 Å². The van der Waals surface area contributed by atoms with Crippen molar-refractivity contribution in [2.75, 3.05) is 5.32 Å². The fraction of sp³-hybridized carbons (Fsp3) is 0.133. The Morgan fingerprint density at radius 2 is 1.67 bits per heavy atom. The van der Waals surface area contributed by atoms with Crippen molar-refractivity contribution in [2.45, 2.75) is 12.8 Å². The molecule has 2 aromatic rings. The fourth-order valence-electron chi connectivity index (χ4n) is 1.90. The zero-order valence-electron chi connectivity index (χ0n) is 11.1. The van der Waals surface area contributed by atoms with Crippen molar-refractivity contribution >= 4 is 34.4 Å². The molecule has 3 N–H and O–H groups in total. The highest BCUT2D eigenvalue weighted by Crippen LogP contribution is 2.22. The molecule has 0 atom stereocenters. The number of imide groups is 1. The molecule has 6 heteroatoms. The molecule has 0 bridgehead atoms. The number of rotatable bonds is 4. The molecule has 0 aliphatic rings. The van der Waals surface area contributed by atoms with E-state index in [4.69, 9.17) is 5.11 Å². The quantitative estimate of drug-likeness (QED) is 0.804. The van der Waals surface area contributed by atoms with Crippen molar-refractivity contribution in [1.29, 1.82) is 0 Å². The van der Waals surface area contributed by atoms with Gasteiger partial charge in [0.25, 0.3) is 0 Å². The van der Waals surface area contributed by atoms with Gasteiger partial charge >= 0.3 is 12.0 Å². The van der Waals surface area contributed by atoms with Crippen LogP contribution < -0.4 is 10.6 Å². The highest BCUT2D eigenvalue weighted by molar-refractivity contribution is 6.06. The van der Waals surface area contributed by atoms with Crippen LogP contribution in [0, 0.1) is 0 Å². The summed E-state index contributed by atoms with van der Waals surface area (Å²) in [5, 5.41) is 15.0. The Bertz CT molecular complexity index is 692. The van der Waals surface area contributed by atoms with E-state index in [0.29, 0.717) is 5.69 Å². The number of carboxylic acid groups (broad SMARTS) is 1. The molecule has 0 radical (unpaired) electrons. The Hall–Kier alpha value is -2.89. The first-order valence-electron chi connectivity index (χ1n) is 6.36. The molecule has 0 spiro atoms. The minimum Gasteiger partial charge on any atom is -0.481 e. The second kappa shape index (κ2) is 6.51. The van der Waals surface area contributed by atoms with Crippen LogP contribution in [0.15, 0.2) is 42.5 Å². The predicted molar refractivity (Wildman–Crippen MR) is 78.0 cm³/mol. The molecule has 0 aliphatic heterocycles. The summed E-state index contributed by atoms with van der Waals surface area (Å²) in [6.45, 7) is 0. The second-order valence-electron chi connectivity index (χ2n) is 4.42. The topological polar surface area (TPSA) is 95.5 Å². The number of carboxylic acids is 1. The van der Waals surface area contributed by atoms with Gasteiger partial charge in [0.2, 0.25) is 5.91 Å². The molecular formula is C15H14N2O4. The van der Waals surface area contributed by atoms with Gasteiger partial charge in [-0.3, -0.25) is 14.9 Å². The summed E-state index contributed by atoms with van der Waals surface area (Å²) in [7, 11) is 0. The van der Waals surface area contributed by atoms with Crippen LogP contribution in [0.1, 0.15) is 12.8 Å². The number of benzene rings is 2. The fourth-order valence-corrected chi connectivity index (χ4v) is 1.90. The zero-order chi connectivity index (χ0) is 15.2. The Balaban J connectivity index is 2.02. The van der Waals surface area contributed by atoms with E-state index < -0.39 is 17.9 Å². The van der Waals surface area contributed by atoms with Gasteiger partial charge in [-0.05, 0) is 11.5 Å². The van der Waals surface area contributed by atoms with E-state index in [0.717, 1.165) is 10.8 Å². The summed E-state index contributed by atoms with van der Waals surface area (Å²) in [6, 6.07) is 12.3. The number of urea groups is 1. The standard InChI is InChI=1S/C15H14N2O4/c18-13(8-9-14(19)20)17-15(21)16-12-7-3-5-10-4-1-2-6-11(10)12/h1-7H,8-9H2,(H,19,20)(H2,16,17,18,21). The highest BCUT2D eigenvalue weighted by atomic mass is 16.4. The Morgan fingerprint density at radius 3 is 2.43 bits per heavy atom. The lowest BCUT2D eigenvalue weighted by atomic mass is 10.1. The van der Waals surface area contributed by atoms with E-state index >= 15 is 0 Å². The van der Waals surface area contributed by atoms with Gasteiger partial charge < -0.3 is 10.4 Å².